The molecule has 0 atom stereocenters. The van der Waals surface area contributed by atoms with Gasteiger partial charge in [-0.05, 0) is 24.3 Å². The summed E-state index contributed by atoms with van der Waals surface area (Å²) in [5, 5.41) is 10.8. The fourth-order valence-electron chi connectivity index (χ4n) is 1.82. The van der Waals surface area contributed by atoms with Gasteiger partial charge in [-0.1, -0.05) is 11.8 Å². The summed E-state index contributed by atoms with van der Waals surface area (Å²) in [5.41, 5.74) is 0.133. The third-order valence-electron chi connectivity index (χ3n) is 2.92. The van der Waals surface area contributed by atoms with Gasteiger partial charge in [-0.3, -0.25) is 14.9 Å². The molecule has 6 nitrogen and oxygen atoms in total. The molecule has 0 bridgehead atoms. The molecule has 0 heterocycles. The molecule has 0 spiro atoms. The van der Waals surface area contributed by atoms with Crippen LogP contribution >= 0.6 is 11.8 Å². The molecule has 0 radical (unpaired) electrons. The van der Waals surface area contributed by atoms with E-state index in [1.165, 1.54) is 23.9 Å². The molecule has 2 aromatic rings. The number of hydrogen-bond donors (Lipinski definition) is 0. The summed E-state index contributed by atoms with van der Waals surface area (Å²) < 4.78 is 10.5. The molecule has 2 aromatic carbocycles. The van der Waals surface area contributed by atoms with E-state index in [2.05, 4.69) is 0 Å². The van der Waals surface area contributed by atoms with E-state index in [4.69, 9.17) is 9.47 Å². The number of nitro benzene ring substituents is 1. The number of ether oxygens (including phenoxy) is 2. The largest absolute Gasteiger partial charge is 0.497 e. The Morgan fingerprint density at radius 2 is 1.86 bits per heavy atom. The number of carbonyl (C=O) groups is 1. The van der Waals surface area contributed by atoms with Crippen LogP contribution in [-0.2, 0) is 0 Å². The van der Waals surface area contributed by atoms with Gasteiger partial charge < -0.3 is 9.47 Å². The fraction of sp³-hybridized carbons (Fsp3) is 0.133. The average Bonchev–Trinajstić information content (AvgIpc) is 2.54. The van der Waals surface area contributed by atoms with Crippen molar-refractivity contribution in [2.75, 3.05) is 14.2 Å². The number of hydrogen-bond acceptors (Lipinski definition) is 6. The Kier molecular flexibility index (Phi) is 5.00. The third kappa shape index (κ3) is 3.37. The van der Waals surface area contributed by atoms with E-state index in [1.807, 2.05) is 0 Å². The summed E-state index contributed by atoms with van der Waals surface area (Å²) in [5.74, 6) is 1.28. The van der Waals surface area contributed by atoms with Crippen LogP contribution in [0, 0.1) is 10.1 Å². The molecule has 0 saturated carbocycles. The number of nitrogens with zero attached hydrogens (tertiary/aromatic N) is 1. The van der Waals surface area contributed by atoms with Crippen molar-refractivity contribution in [2.45, 2.75) is 9.79 Å². The molecule has 0 aromatic heterocycles. The van der Waals surface area contributed by atoms with E-state index < -0.39 is 4.92 Å². The summed E-state index contributed by atoms with van der Waals surface area (Å²) in [6, 6.07) is 9.46. The quantitative estimate of drug-likeness (QED) is 0.460. The lowest BCUT2D eigenvalue weighted by molar-refractivity contribution is -0.384. The minimum Gasteiger partial charge on any atom is -0.497 e. The van der Waals surface area contributed by atoms with Crippen molar-refractivity contribution in [3.63, 3.8) is 0 Å². The molecule has 114 valence electrons. The molecule has 0 aliphatic heterocycles. The number of methoxy groups -OCH3 is 2. The highest BCUT2D eigenvalue weighted by Gasteiger charge is 2.14. The molecular weight excluding hydrogens is 306 g/mol. The molecule has 0 aliphatic carbocycles. The van der Waals surface area contributed by atoms with E-state index in [-0.39, 0.29) is 11.3 Å². The van der Waals surface area contributed by atoms with Gasteiger partial charge in [0.15, 0.2) is 6.29 Å². The van der Waals surface area contributed by atoms with Gasteiger partial charge in [-0.25, -0.2) is 0 Å². The predicted molar refractivity (Wildman–Crippen MR) is 82.2 cm³/mol. The third-order valence-corrected chi connectivity index (χ3v) is 4.05. The zero-order valence-corrected chi connectivity index (χ0v) is 12.8. The van der Waals surface area contributed by atoms with Gasteiger partial charge in [0.2, 0.25) is 0 Å². The van der Waals surface area contributed by atoms with E-state index in [1.54, 1.807) is 38.5 Å². The van der Waals surface area contributed by atoms with Crippen molar-refractivity contribution >= 4 is 23.7 Å². The zero-order valence-electron chi connectivity index (χ0n) is 11.9. The van der Waals surface area contributed by atoms with Gasteiger partial charge in [0, 0.05) is 22.6 Å². The second kappa shape index (κ2) is 6.95. The van der Waals surface area contributed by atoms with Crippen LogP contribution in [0.5, 0.6) is 11.5 Å². The number of carbonyl (C=O) groups excluding carboxylic acids is 1. The summed E-state index contributed by atoms with van der Waals surface area (Å²) in [7, 11) is 3.10. The molecule has 7 heteroatoms. The van der Waals surface area contributed by atoms with Crippen LogP contribution in [0.1, 0.15) is 10.4 Å². The maximum Gasteiger partial charge on any atom is 0.270 e. The van der Waals surface area contributed by atoms with Gasteiger partial charge in [-0.2, -0.15) is 0 Å². The van der Waals surface area contributed by atoms with Crippen LogP contribution in [0.3, 0.4) is 0 Å². The first-order valence-electron chi connectivity index (χ1n) is 6.22. The van der Waals surface area contributed by atoms with Crippen LogP contribution in [0.25, 0.3) is 0 Å². The lowest BCUT2D eigenvalue weighted by atomic mass is 10.2. The highest BCUT2D eigenvalue weighted by Crippen LogP contribution is 2.39. The topological polar surface area (TPSA) is 78.7 Å². The monoisotopic (exact) mass is 319 g/mol. The van der Waals surface area contributed by atoms with Crippen molar-refractivity contribution in [2.24, 2.45) is 0 Å². The van der Waals surface area contributed by atoms with E-state index in [9.17, 15) is 14.9 Å². The van der Waals surface area contributed by atoms with E-state index in [0.717, 1.165) is 4.90 Å². The normalized spacial score (nSPS) is 10.1. The summed E-state index contributed by atoms with van der Waals surface area (Å²) in [4.78, 5) is 22.8. The van der Waals surface area contributed by atoms with Crippen molar-refractivity contribution in [1.29, 1.82) is 0 Å². The standard InChI is InChI=1S/C15H13NO5S/c1-20-12-4-5-13(21-2)15(8-12)22-14-6-3-11(16(18)19)7-10(14)9-17/h3-9H,1-2H3. The maximum absolute atomic E-state index is 11.2. The number of aldehydes is 1. The van der Waals surface area contributed by atoms with Gasteiger partial charge in [0.05, 0.1) is 24.0 Å². The number of non-ortho nitro benzene ring substituents is 1. The second-order valence-corrected chi connectivity index (χ2v) is 5.30. The SMILES string of the molecule is COc1ccc(OC)c(Sc2ccc([N+](=O)[O-])cc2C=O)c1. The summed E-state index contributed by atoms with van der Waals surface area (Å²) in [6.45, 7) is 0. The van der Waals surface area contributed by atoms with Crippen LogP contribution in [0.2, 0.25) is 0 Å². The Balaban J connectivity index is 2.42. The molecule has 0 N–H and O–H groups in total. The summed E-state index contributed by atoms with van der Waals surface area (Å²) in [6.07, 6.45) is 0.599. The Morgan fingerprint density at radius 3 is 2.45 bits per heavy atom. The van der Waals surface area contributed by atoms with Gasteiger partial charge in [0.25, 0.3) is 5.69 Å². The van der Waals surface area contributed by atoms with Crippen LogP contribution in [0.15, 0.2) is 46.2 Å². The van der Waals surface area contributed by atoms with E-state index in [0.29, 0.717) is 22.7 Å². The van der Waals surface area contributed by atoms with Crippen LogP contribution in [0.4, 0.5) is 5.69 Å². The van der Waals surface area contributed by atoms with E-state index >= 15 is 0 Å². The zero-order chi connectivity index (χ0) is 16.1. The molecule has 22 heavy (non-hydrogen) atoms. The van der Waals surface area contributed by atoms with Crippen LogP contribution in [-0.4, -0.2) is 25.4 Å². The first-order chi connectivity index (χ1) is 10.6. The maximum atomic E-state index is 11.2. The first kappa shape index (κ1) is 15.8. The van der Waals surface area contributed by atoms with Crippen molar-refractivity contribution in [3.05, 3.63) is 52.1 Å². The second-order valence-electron chi connectivity index (χ2n) is 4.22. The Morgan fingerprint density at radius 1 is 1.09 bits per heavy atom. The smallest absolute Gasteiger partial charge is 0.270 e. The highest BCUT2D eigenvalue weighted by molar-refractivity contribution is 7.99. The lowest BCUT2D eigenvalue weighted by Crippen LogP contribution is -1.93. The predicted octanol–water partition coefficient (Wildman–Crippen LogP) is 3.58. The number of benzene rings is 2. The minimum absolute atomic E-state index is 0.121. The molecule has 0 amide bonds. The van der Waals surface area contributed by atoms with Crippen molar-refractivity contribution < 1.29 is 19.2 Å². The van der Waals surface area contributed by atoms with Gasteiger partial charge in [0.1, 0.15) is 11.5 Å². The molecule has 0 unspecified atom stereocenters. The molecule has 0 saturated heterocycles. The number of nitro groups is 1. The van der Waals surface area contributed by atoms with Gasteiger partial charge in [-0.15, -0.1) is 0 Å². The Bertz CT molecular complexity index is 717. The van der Waals surface area contributed by atoms with Crippen molar-refractivity contribution in [3.8, 4) is 11.5 Å². The average molecular weight is 319 g/mol. The van der Waals surface area contributed by atoms with Crippen LogP contribution < -0.4 is 9.47 Å². The highest BCUT2D eigenvalue weighted by atomic mass is 32.2. The molecule has 0 aliphatic rings. The fourth-order valence-corrected chi connectivity index (χ4v) is 2.84. The number of rotatable bonds is 6. The molecular formula is C15H13NO5S. The Hall–Kier alpha value is -2.54. The Labute approximate surface area is 131 Å². The van der Waals surface area contributed by atoms with Crippen molar-refractivity contribution in [1.82, 2.24) is 0 Å². The first-order valence-corrected chi connectivity index (χ1v) is 7.04. The van der Waals surface area contributed by atoms with Gasteiger partial charge >= 0.3 is 0 Å². The molecule has 0 fully saturated rings. The summed E-state index contributed by atoms with van der Waals surface area (Å²) >= 11 is 1.28. The molecule has 2 rings (SSSR count). The minimum atomic E-state index is -0.534. The lowest BCUT2D eigenvalue weighted by Gasteiger charge is -2.11.